The zero-order valence-electron chi connectivity index (χ0n) is 9.04. The van der Waals surface area contributed by atoms with Crippen molar-refractivity contribution in [1.29, 1.82) is 0 Å². The van der Waals surface area contributed by atoms with Crippen LogP contribution in [0.3, 0.4) is 0 Å². The van der Waals surface area contributed by atoms with Crippen LogP contribution in [0.5, 0.6) is 11.5 Å². The Balaban J connectivity index is 2.58. The molecule has 2 rings (SSSR count). The minimum atomic E-state index is -4.03. The van der Waals surface area contributed by atoms with Gasteiger partial charge in [0.15, 0.2) is 0 Å². The lowest BCUT2D eigenvalue weighted by Crippen LogP contribution is -2.18. The highest BCUT2D eigenvalue weighted by Gasteiger charge is 2.07. The molecule has 0 amide bonds. The van der Waals surface area contributed by atoms with Gasteiger partial charge in [-0.05, 0) is 47.5 Å². The number of nitrogens with two attached hydrogens (primary N) is 1. The molecule has 0 bridgehead atoms. The summed E-state index contributed by atoms with van der Waals surface area (Å²) in [6, 6.07) is 7.88. The van der Waals surface area contributed by atoms with Crippen LogP contribution >= 0.6 is 0 Å². The summed E-state index contributed by atoms with van der Waals surface area (Å²) in [4.78, 5) is 0. The Morgan fingerprint density at radius 1 is 1.24 bits per heavy atom. The first kappa shape index (κ1) is 11.7. The van der Waals surface area contributed by atoms with Gasteiger partial charge in [-0.1, -0.05) is 6.07 Å². The molecule has 5 nitrogen and oxygen atoms in total. The average molecular weight is 253 g/mol. The zero-order chi connectivity index (χ0) is 12.6. The predicted molar refractivity (Wildman–Crippen MR) is 64.1 cm³/mol. The smallest absolute Gasteiger partial charge is 0.380 e. The minimum absolute atomic E-state index is 0.114. The second-order valence-electron chi connectivity index (χ2n) is 3.72. The first-order chi connectivity index (χ1) is 7.85. The third-order valence-electron chi connectivity index (χ3n) is 2.33. The maximum absolute atomic E-state index is 10.8. The van der Waals surface area contributed by atoms with E-state index in [1.165, 1.54) is 18.2 Å². The van der Waals surface area contributed by atoms with E-state index < -0.39 is 10.3 Å². The van der Waals surface area contributed by atoms with Gasteiger partial charge in [-0.25, -0.2) is 0 Å². The quantitative estimate of drug-likeness (QED) is 0.847. The number of hydrogen-bond acceptors (Lipinski definition) is 4. The van der Waals surface area contributed by atoms with E-state index in [-0.39, 0.29) is 11.5 Å². The highest BCUT2D eigenvalue weighted by atomic mass is 32.2. The molecule has 2 aromatic carbocycles. The van der Waals surface area contributed by atoms with E-state index >= 15 is 0 Å². The second kappa shape index (κ2) is 3.90. The van der Waals surface area contributed by atoms with Gasteiger partial charge in [-0.3, -0.25) is 0 Å². The summed E-state index contributed by atoms with van der Waals surface area (Å²) < 4.78 is 26.1. The molecule has 0 saturated heterocycles. The van der Waals surface area contributed by atoms with Crippen molar-refractivity contribution in [3.63, 3.8) is 0 Å². The molecule has 0 radical (unpaired) electrons. The van der Waals surface area contributed by atoms with Gasteiger partial charge in [0, 0.05) is 0 Å². The topological polar surface area (TPSA) is 89.6 Å². The Morgan fingerprint density at radius 3 is 2.59 bits per heavy atom. The van der Waals surface area contributed by atoms with Crippen molar-refractivity contribution >= 4 is 21.1 Å². The molecule has 0 saturated carbocycles. The molecule has 6 heteroatoms. The molecular formula is C11H11NO4S. The van der Waals surface area contributed by atoms with Crippen molar-refractivity contribution in [2.24, 2.45) is 5.14 Å². The molecule has 90 valence electrons. The molecule has 3 N–H and O–H groups in total. The van der Waals surface area contributed by atoms with Gasteiger partial charge in [-0.15, -0.1) is 0 Å². The molecule has 0 unspecified atom stereocenters. The second-order valence-corrected chi connectivity index (χ2v) is 4.87. The average Bonchev–Trinajstić information content (AvgIpc) is 2.13. The molecular weight excluding hydrogens is 242 g/mol. The molecule has 0 heterocycles. The Morgan fingerprint density at radius 2 is 1.94 bits per heavy atom. The molecule has 17 heavy (non-hydrogen) atoms. The zero-order valence-corrected chi connectivity index (χ0v) is 9.86. The number of phenols is 1. The first-order valence-electron chi connectivity index (χ1n) is 4.81. The summed E-state index contributed by atoms with van der Waals surface area (Å²) >= 11 is 0. The molecule has 0 atom stereocenters. The van der Waals surface area contributed by atoms with Crippen molar-refractivity contribution in [3.05, 3.63) is 35.9 Å². The van der Waals surface area contributed by atoms with Crippen LogP contribution in [0.15, 0.2) is 30.3 Å². The van der Waals surface area contributed by atoms with E-state index in [1.807, 2.05) is 6.92 Å². The predicted octanol–water partition coefficient (Wildman–Crippen LogP) is 1.44. The van der Waals surface area contributed by atoms with Crippen LogP contribution in [-0.4, -0.2) is 13.5 Å². The van der Waals surface area contributed by atoms with Crippen molar-refractivity contribution in [2.45, 2.75) is 6.92 Å². The van der Waals surface area contributed by atoms with Crippen LogP contribution in [0.2, 0.25) is 0 Å². The molecule has 0 aliphatic heterocycles. The third kappa shape index (κ3) is 2.66. The van der Waals surface area contributed by atoms with Crippen LogP contribution in [0, 0.1) is 6.92 Å². The van der Waals surface area contributed by atoms with E-state index in [0.717, 1.165) is 10.9 Å². The third-order valence-corrected chi connectivity index (χ3v) is 2.75. The summed E-state index contributed by atoms with van der Waals surface area (Å²) in [6.45, 7) is 1.85. The van der Waals surface area contributed by atoms with Gasteiger partial charge in [0.1, 0.15) is 11.5 Å². The highest BCUT2D eigenvalue weighted by Crippen LogP contribution is 2.27. The largest absolute Gasteiger partial charge is 0.508 e. The molecule has 0 fully saturated rings. The van der Waals surface area contributed by atoms with Gasteiger partial charge in [0.2, 0.25) is 0 Å². The summed E-state index contributed by atoms with van der Waals surface area (Å²) in [6.07, 6.45) is 0. The van der Waals surface area contributed by atoms with Crippen LogP contribution in [0.25, 0.3) is 10.8 Å². The number of aromatic hydroxyl groups is 1. The van der Waals surface area contributed by atoms with E-state index in [1.54, 1.807) is 12.1 Å². The first-order valence-corrected chi connectivity index (χ1v) is 6.28. The van der Waals surface area contributed by atoms with E-state index in [4.69, 9.17) is 5.14 Å². The molecule has 0 aliphatic carbocycles. The lowest BCUT2D eigenvalue weighted by Gasteiger charge is -2.06. The standard InChI is InChI=1S/C11H11NO4S/c1-7-4-9(13)5-8-6-10(2-3-11(7)8)16-17(12,14)15/h2-6,13H,1H3,(H2,12,14,15). The number of rotatable bonds is 2. The normalized spacial score (nSPS) is 11.6. The fourth-order valence-corrected chi connectivity index (χ4v) is 2.08. The fraction of sp³-hybridized carbons (Fsp3) is 0.0909. The van der Waals surface area contributed by atoms with Crippen molar-refractivity contribution in [2.75, 3.05) is 0 Å². The lowest BCUT2D eigenvalue weighted by atomic mass is 10.0. The number of hydrogen-bond donors (Lipinski definition) is 2. The minimum Gasteiger partial charge on any atom is -0.508 e. The van der Waals surface area contributed by atoms with Crippen molar-refractivity contribution < 1.29 is 17.7 Å². The van der Waals surface area contributed by atoms with Gasteiger partial charge in [0.05, 0.1) is 0 Å². The molecule has 0 spiro atoms. The Kier molecular flexibility index (Phi) is 2.68. The monoisotopic (exact) mass is 253 g/mol. The maximum atomic E-state index is 10.8. The summed E-state index contributed by atoms with van der Waals surface area (Å²) in [5.74, 6) is 0.229. The summed E-state index contributed by atoms with van der Waals surface area (Å²) in [5, 5.41) is 15.8. The molecule has 2 aromatic rings. The number of aryl methyl sites for hydroxylation is 1. The van der Waals surface area contributed by atoms with Gasteiger partial charge in [-0.2, -0.15) is 13.6 Å². The number of fused-ring (bicyclic) bond motifs is 1. The van der Waals surface area contributed by atoms with E-state index in [2.05, 4.69) is 4.18 Å². The summed E-state index contributed by atoms with van der Waals surface area (Å²) in [7, 11) is -4.03. The Bertz CT molecular complexity index is 679. The van der Waals surface area contributed by atoms with Crippen LogP contribution in [-0.2, 0) is 10.3 Å². The van der Waals surface area contributed by atoms with Crippen LogP contribution < -0.4 is 9.32 Å². The Labute approximate surface area is 98.7 Å². The maximum Gasteiger partial charge on any atom is 0.380 e. The highest BCUT2D eigenvalue weighted by molar-refractivity contribution is 7.84. The number of benzene rings is 2. The molecule has 0 aromatic heterocycles. The number of phenolic OH excluding ortho intramolecular Hbond substituents is 1. The van der Waals surface area contributed by atoms with Crippen molar-refractivity contribution in [1.82, 2.24) is 0 Å². The summed E-state index contributed by atoms with van der Waals surface area (Å²) in [5.41, 5.74) is 0.891. The van der Waals surface area contributed by atoms with Crippen LogP contribution in [0.4, 0.5) is 0 Å². The van der Waals surface area contributed by atoms with Crippen LogP contribution in [0.1, 0.15) is 5.56 Å². The molecule has 0 aliphatic rings. The van der Waals surface area contributed by atoms with E-state index in [9.17, 15) is 13.5 Å². The van der Waals surface area contributed by atoms with Crippen molar-refractivity contribution in [3.8, 4) is 11.5 Å². The SMILES string of the molecule is Cc1cc(O)cc2cc(OS(N)(=O)=O)ccc12. The van der Waals surface area contributed by atoms with Gasteiger partial charge in [0.25, 0.3) is 0 Å². The van der Waals surface area contributed by atoms with Gasteiger partial charge >= 0.3 is 10.3 Å². The lowest BCUT2D eigenvalue weighted by molar-refractivity contribution is 0.476. The fourth-order valence-electron chi connectivity index (χ4n) is 1.71. The van der Waals surface area contributed by atoms with Gasteiger partial charge < -0.3 is 9.29 Å². The van der Waals surface area contributed by atoms with E-state index in [0.29, 0.717) is 5.39 Å². The Hall–Kier alpha value is -1.79.